The Morgan fingerprint density at radius 3 is 2.95 bits per heavy atom. The molecule has 3 heterocycles. The molecular weight excluding hydrogens is 308 g/mol. The van der Waals surface area contributed by atoms with Crippen molar-refractivity contribution in [2.75, 3.05) is 13.1 Å². The highest BCUT2D eigenvalue weighted by Crippen LogP contribution is 2.35. The lowest BCUT2D eigenvalue weighted by atomic mass is 10.1. The Bertz CT molecular complexity index is 759. The summed E-state index contributed by atoms with van der Waals surface area (Å²) in [6.45, 7) is 1.62. The van der Waals surface area contributed by atoms with Crippen molar-refractivity contribution < 1.29 is 8.42 Å². The molecule has 2 saturated heterocycles. The maximum atomic E-state index is 13.1. The van der Waals surface area contributed by atoms with Crippen LogP contribution in [0.1, 0.15) is 19.3 Å². The second kappa shape index (κ2) is 4.98. The number of fused-ring (bicyclic) bond motifs is 3. The van der Waals surface area contributed by atoms with Gasteiger partial charge in [0, 0.05) is 18.6 Å². The van der Waals surface area contributed by atoms with Crippen LogP contribution < -0.4 is 5.32 Å². The second-order valence-electron chi connectivity index (χ2n) is 5.60. The molecule has 2 unspecified atom stereocenters. The lowest BCUT2D eigenvalue weighted by molar-refractivity contribution is 0.335. The van der Waals surface area contributed by atoms with Gasteiger partial charge in [-0.1, -0.05) is 6.07 Å². The van der Waals surface area contributed by atoms with E-state index in [1.165, 1.54) is 0 Å². The highest BCUT2D eigenvalue weighted by atomic mass is 32.2. The largest absolute Gasteiger partial charge is 0.315 e. The molecule has 112 valence electrons. The van der Waals surface area contributed by atoms with Gasteiger partial charge in [-0.25, -0.2) is 8.42 Å². The minimum Gasteiger partial charge on any atom is -0.315 e. The zero-order valence-corrected chi connectivity index (χ0v) is 13.0. The van der Waals surface area contributed by atoms with E-state index in [9.17, 15) is 8.42 Å². The van der Waals surface area contributed by atoms with E-state index in [4.69, 9.17) is 0 Å². The Balaban J connectivity index is 1.85. The first-order valence-corrected chi connectivity index (χ1v) is 9.30. The van der Waals surface area contributed by atoms with Crippen molar-refractivity contribution in [1.29, 1.82) is 0 Å². The monoisotopic (exact) mass is 324 g/mol. The summed E-state index contributed by atoms with van der Waals surface area (Å²) in [6.07, 6.45) is 2.76. The van der Waals surface area contributed by atoms with E-state index >= 15 is 0 Å². The van der Waals surface area contributed by atoms with Crippen LogP contribution in [0.3, 0.4) is 0 Å². The average molecular weight is 324 g/mol. The summed E-state index contributed by atoms with van der Waals surface area (Å²) < 4.78 is 36.3. The Morgan fingerprint density at radius 1 is 1.19 bits per heavy atom. The van der Waals surface area contributed by atoms with Crippen molar-refractivity contribution in [3.63, 3.8) is 0 Å². The van der Waals surface area contributed by atoms with Crippen LogP contribution in [0.5, 0.6) is 0 Å². The van der Waals surface area contributed by atoms with Gasteiger partial charge in [0.1, 0.15) is 15.9 Å². The molecule has 0 saturated carbocycles. The molecule has 8 heteroatoms. The standard InChI is InChI=1S/C13H16N4O2S2/c18-21(19,12-3-1-2-11-13(12)16-20-15-11)17-9-4-5-10(17)8-14-7-6-9/h1-3,9-10,14H,4-8H2. The third kappa shape index (κ3) is 2.09. The van der Waals surface area contributed by atoms with Crippen LogP contribution in [0.2, 0.25) is 0 Å². The van der Waals surface area contributed by atoms with Gasteiger partial charge in [-0.05, 0) is 37.9 Å². The molecule has 2 bridgehead atoms. The molecular formula is C13H16N4O2S2. The molecule has 6 nitrogen and oxygen atoms in total. The molecule has 21 heavy (non-hydrogen) atoms. The lowest BCUT2D eigenvalue weighted by Gasteiger charge is -2.26. The molecule has 2 atom stereocenters. The molecule has 1 aromatic heterocycles. The Morgan fingerprint density at radius 2 is 2.05 bits per heavy atom. The van der Waals surface area contributed by atoms with Crippen LogP contribution in [-0.2, 0) is 10.0 Å². The fraction of sp³-hybridized carbons (Fsp3) is 0.538. The van der Waals surface area contributed by atoms with Crippen molar-refractivity contribution in [1.82, 2.24) is 18.4 Å². The molecule has 1 aromatic carbocycles. The highest BCUT2D eigenvalue weighted by molar-refractivity contribution is 7.89. The fourth-order valence-corrected chi connectivity index (χ4v) is 6.09. The van der Waals surface area contributed by atoms with Gasteiger partial charge in [0.2, 0.25) is 10.0 Å². The zero-order valence-electron chi connectivity index (χ0n) is 11.4. The van der Waals surface area contributed by atoms with Crippen LogP contribution in [0, 0.1) is 0 Å². The van der Waals surface area contributed by atoms with Gasteiger partial charge < -0.3 is 5.32 Å². The highest BCUT2D eigenvalue weighted by Gasteiger charge is 2.43. The Kier molecular flexibility index (Phi) is 3.21. The van der Waals surface area contributed by atoms with Gasteiger partial charge in [-0.3, -0.25) is 0 Å². The Labute approximate surface area is 127 Å². The van der Waals surface area contributed by atoms with Crippen molar-refractivity contribution in [2.24, 2.45) is 0 Å². The van der Waals surface area contributed by atoms with Gasteiger partial charge in [0.15, 0.2) is 0 Å². The van der Waals surface area contributed by atoms with Crippen LogP contribution >= 0.6 is 11.7 Å². The molecule has 1 N–H and O–H groups in total. The first kappa shape index (κ1) is 13.6. The minimum absolute atomic E-state index is 0.0596. The summed E-state index contributed by atoms with van der Waals surface area (Å²) in [5.41, 5.74) is 1.15. The number of hydrogen-bond donors (Lipinski definition) is 1. The van der Waals surface area contributed by atoms with Crippen LogP contribution in [0.25, 0.3) is 11.0 Å². The molecule has 2 aliphatic heterocycles. The quantitative estimate of drug-likeness (QED) is 0.898. The predicted octanol–water partition coefficient (Wildman–Crippen LogP) is 1.21. The van der Waals surface area contributed by atoms with Crippen LogP contribution in [0.4, 0.5) is 0 Å². The summed E-state index contributed by atoms with van der Waals surface area (Å²) >= 11 is 1.06. The van der Waals surface area contributed by atoms with Gasteiger partial charge >= 0.3 is 0 Å². The number of hydrogen-bond acceptors (Lipinski definition) is 6. The predicted molar refractivity (Wildman–Crippen MR) is 80.7 cm³/mol. The average Bonchev–Trinajstić information content (AvgIpc) is 3.01. The number of nitrogens with zero attached hydrogens (tertiary/aromatic N) is 3. The number of rotatable bonds is 2. The third-order valence-corrected chi connectivity index (χ3v) is 6.97. The van der Waals surface area contributed by atoms with Gasteiger partial charge in [-0.15, -0.1) is 0 Å². The molecule has 2 fully saturated rings. The number of benzene rings is 1. The maximum Gasteiger partial charge on any atom is 0.245 e. The second-order valence-corrected chi connectivity index (χ2v) is 7.94. The third-order valence-electron chi connectivity index (χ3n) is 4.39. The van der Waals surface area contributed by atoms with E-state index in [1.54, 1.807) is 22.5 Å². The fourth-order valence-electron chi connectivity index (χ4n) is 3.43. The van der Waals surface area contributed by atoms with E-state index in [0.29, 0.717) is 15.9 Å². The normalized spacial score (nSPS) is 27.0. The number of nitrogens with one attached hydrogen (secondary N) is 1. The number of aromatic nitrogens is 2. The van der Waals surface area contributed by atoms with E-state index in [1.807, 2.05) is 0 Å². The molecule has 0 spiro atoms. The molecule has 0 aliphatic carbocycles. The van der Waals surface area contributed by atoms with Gasteiger partial charge in [-0.2, -0.15) is 13.1 Å². The number of sulfonamides is 1. The van der Waals surface area contributed by atoms with E-state index < -0.39 is 10.0 Å². The van der Waals surface area contributed by atoms with Crippen molar-refractivity contribution >= 4 is 32.8 Å². The smallest absolute Gasteiger partial charge is 0.245 e. The van der Waals surface area contributed by atoms with E-state index in [2.05, 4.69) is 14.1 Å². The van der Waals surface area contributed by atoms with E-state index in [-0.39, 0.29) is 12.1 Å². The zero-order chi connectivity index (χ0) is 14.4. The summed E-state index contributed by atoms with van der Waals surface area (Å²) in [6, 6.07) is 5.36. The first-order chi connectivity index (χ1) is 10.2. The van der Waals surface area contributed by atoms with Crippen molar-refractivity contribution in [3.05, 3.63) is 18.2 Å². The van der Waals surface area contributed by atoms with Gasteiger partial charge in [0.25, 0.3) is 0 Å². The van der Waals surface area contributed by atoms with Crippen molar-refractivity contribution in [3.8, 4) is 0 Å². The first-order valence-electron chi connectivity index (χ1n) is 7.13. The molecule has 0 amide bonds. The lowest BCUT2D eigenvalue weighted by Crippen LogP contribution is -2.42. The maximum absolute atomic E-state index is 13.1. The summed E-state index contributed by atoms with van der Waals surface area (Å²) in [7, 11) is -3.52. The van der Waals surface area contributed by atoms with E-state index in [0.717, 1.165) is 44.1 Å². The SMILES string of the molecule is O=S(=O)(c1cccc2nsnc12)N1C2CCNCC1CC2. The topological polar surface area (TPSA) is 75.2 Å². The van der Waals surface area contributed by atoms with Gasteiger partial charge in [0.05, 0.1) is 11.7 Å². The molecule has 2 aliphatic rings. The summed E-state index contributed by atoms with van der Waals surface area (Å²) in [5.74, 6) is 0. The Hall–Kier alpha value is -1.09. The van der Waals surface area contributed by atoms with Crippen LogP contribution in [0.15, 0.2) is 23.1 Å². The summed E-state index contributed by atoms with van der Waals surface area (Å²) in [4.78, 5) is 0.299. The molecule has 0 radical (unpaired) electrons. The van der Waals surface area contributed by atoms with Crippen LogP contribution in [-0.4, -0.2) is 46.6 Å². The molecule has 4 rings (SSSR count). The summed E-state index contributed by atoms with van der Waals surface area (Å²) in [5, 5.41) is 3.33. The minimum atomic E-state index is -3.52. The van der Waals surface area contributed by atoms with Crippen molar-refractivity contribution in [2.45, 2.75) is 36.2 Å². The molecule has 2 aromatic rings.